The molecule has 14 aromatic rings. The topological polar surface area (TPSA) is 53.5 Å². The van der Waals surface area contributed by atoms with Crippen molar-refractivity contribution in [2.45, 2.75) is 105 Å². The van der Waals surface area contributed by atoms with Crippen LogP contribution >= 0.6 is 0 Å². The van der Waals surface area contributed by atoms with Gasteiger partial charge in [-0.1, -0.05) is 204 Å². The molecule has 0 aliphatic rings. The Morgan fingerprint density at radius 2 is 0.529 bits per heavy atom. The molecule has 6 heteroatoms. The molecule has 4 heterocycles. The maximum absolute atomic E-state index is 5.74. The number of fused-ring (bicyclic) bond motifs is 9. The van der Waals surface area contributed by atoms with Gasteiger partial charge in [0.1, 0.15) is 0 Å². The molecule has 10 aromatic carbocycles. The van der Waals surface area contributed by atoms with Crippen molar-refractivity contribution in [3.8, 4) is 62.4 Å². The van der Waals surface area contributed by atoms with Gasteiger partial charge in [-0.3, -0.25) is 4.57 Å². The van der Waals surface area contributed by atoms with Gasteiger partial charge >= 0.3 is 0 Å². The third-order valence-electron chi connectivity index (χ3n) is 17.6. The van der Waals surface area contributed by atoms with Gasteiger partial charge in [0.15, 0.2) is 11.6 Å². The number of aromatic nitrogens is 6. The largest absolute Gasteiger partial charge is 0.309 e. The van der Waals surface area contributed by atoms with E-state index in [1.54, 1.807) is 0 Å². The maximum atomic E-state index is 5.74. The molecule has 0 fully saturated rings. The lowest BCUT2D eigenvalue weighted by molar-refractivity contribution is 0.590. The monoisotopic (exact) mass is 1100 g/mol. The van der Waals surface area contributed by atoms with E-state index in [0.717, 1.165) is 88.6 Å². The van der Waals surface area contributed by atoms with Gasteiger partial charge in [-0.2, -0.15) is 9.97 Å². The molecular formula is C79H72N6. The van der Waals surface area contributed by atoms with Gasteiger partial charge in [0.25, 0.3) is 0 Å². The van der Waals surface area contributed by atoms with Crippen LogP contribution in [-0.2, 0) is 21.7 Å². The fourth-order valence-corrected chi connectivity index (χ4v) is 12.7. The SMILES string of the molecule is CC(C)(C)c1ccc2c(c1)c1cc(C(C)(C)C)ccc1n2-c1ccccc1-c1nc(-c2ccccc2-n2c3ccc(C(C)(C)C)cc3c3cc(C(C)(C)C)ccc32)nc(-n2c3ccc(-c4ccccc4)cc3c3cc(-c4ccccc4)ccc32)n1. The van der Waals surface area contributed by atoms with Crippen molar-refractivity contribution in [1.29, 1.82) is 0 Å². The van der Waals surface area contributed by atoms with E-state index < -0.39 is 0 Å². The fraction of sp³-hybridized carbons (Fsp3) is 0.203. The van der Waals surface area contributed by atoms with Crippen LogP contribution in [0.25, 0.3) is 128 Å². The Morgan fingerprint density at radius 3 is 0.859 bits per heavy atom. The van der Waals surface area contributed by atoms with Gasteiger partial charge in [-0.05, 0) is 163 Å². The van der Waals surface area contributed by atoms with Crippen molar-refractivity contribution in [3.05, 3.63) is 241 Å². The summed E-state index contributed by atoms with van der Waals surface area (Å²) in [6, 6.07) is 80.4. The van der Waals surface area contributed by atoms with E-state index in [1.165, 1.54) is 43.8 Å². The van der Waals surface area contributed by atoms with Crippen LogP contribution in [-0.4, -0.2) is 28.7 Å². The minimum Gasteiger partial charge on any atom is -0.309 e. The molecule has 14 rings (SSSR count). The number of hydrogen-bond acceptors (Lipinski definition) is 3. The third-order valence-corrected chi connectivity index (χ3v) is 17.6. The van der Waals surface area contributed by atoms with Crippen LogP contribution in [0.3, 0.4) is 0 Å². The zero-order valence-corrected chi connectivity index (χ0v) is 51.0. The molecule has 4 aromatic heterocycles. The van der Waals surface area contributed by atoms with Gasteiger partial charge in [0.2, 0.25) is 5.95 Å². The normalized spacial score (nSPS) is 12.7. The van der Waals surface area contributed by atoms with E-state index in [9.17, 15) is 0 Å². The minimum absolute atomic E-state index is 0.0425. The van der Waals surface area contributed by atoms with Gasteiger partial charge in [-0.25, -0.2) is 4.98 Å². The summed E-state index contributed by atoms with van der Waals surface area (Å²) in [5.41, 5.74) is 19.9. The molecule has 0 atom stereocenters. The van der Waals surface area contributed by atoms with Crippen molar-refractivity contribution in [2.75, 3.05) is 0 Å². The number of hydrogen-bond donors (Lipinski definition) is 0. The summed E-state index contributed by atoms with van der Waals surface area (Å²) < 4.78 is 7.13. The Kier molecular flexibility index (Phi) is 12.4. The molecule has 0 amide bonds. The Hall–Kier alpha value is -9.39. The van der Waals surface area contributed by atoms with Gasteiger partial charge < -0.3 is 9.13 Å². The highest BCUT2D eigenvalue weighted by Crippen LogP contribution is 2.44. The molecule has 6 nitrogen and oxygen atoms in total. The highest BCUT2D eigenvalue weighted by molar-refractivity contribution is 6.13. The molecule has 0 aliphatic heterocycles. The van der Waals surface area contributed by atoms with Crippen LogP contribution in [0, 0.1) is 0 Å². The van der Waals surface area contributed by atoms with E-state index in [-0.39, 0.29) is 21.7 Å². The molecular weight excluding hydrogens is 1030 g/mol. The van der Waals surface area contributed by atoms with Crippen molar-refractivity contribution in [3.63, 3.8) is 0 Å². The summed E-state index contributed by atoms with van der Waals surface area (Å²) in [4.78, 5) is 17.2. The molecule has 0 saturated heterocycles. The Bertz CT molecular complexity index is 4510. The molecule has 0 bridgehead atoms. The Morgan fingerprint density at radius 1 is 0.247 bits per heavy atom. The zero-order valence-electron chi connectivity index (χ0n) is 51.0. The Labute approximate surface area is 499 Å². The molecule has 0 unspecified atom stereocenters. The molecule has 0 saturated carbocycles. The second kappa shape index (κ2) is 19.6. The summed E-state index contributed by atoms with van der Waals surface area (Å²) >= 11 is 0. The van der Waals surface area contributed by atoms with E-state index in [4.69, 9.17) is 15.0 Å². The van der Waals surface area contributed by atoms with Crippen molar-refractivity contribution in [2.24, 2.45) is 0 Å². The first kappa shape index (κ1) is 53.6. The Balaban J connectivity index is 1.07. The number of nitrogens with zero attached hydrogens (tertiary/aromatic N) is 6. The van der Waals surface area contributed by atoms with Crippen LogP contribution in [0.2, 0.25) is 0 Å². The lowest BCUT2D eigenvalue weighted by Gasteiger charge is -2.20. The summed E-state index contributed by atoms with van der Waals surface area (Å²) in [5, 5.41) is 7.11. The standard InChI is InChI=1S/C79H72N6/c1-76(2,3)53-33-39-67-61(45-53)62-46-54(77(4,5)6)34-40-68(62)83(67)65-29-21-19-27-57(65)73-80-74(58-28-20-22-30-66(58)84-69-41-35-55(78(7,8)9)47-63(69)64-48-56(79(10,11)12)36-42-70(64)84)82-75(81-73)85-71-37-31-51(49-23-15-13-16-24-49)43-59(71)60-44-52(32-38-72(60)85)50-25-17-14-18-26-50/h13-48H,1-12H3. The average Bonchev–Trinajstić information content (AvgIpc) is 1.79. The number of benzene rings is 10. The lowest BCUT2D eigenvalue weighted by atomic mass is 9.85. The van der Waals surface area contributed by atoms with Crippen LogP contribution in [0.15, 0.2) is 218 Å². The molecule has 0 aliphatic carbocycles. The molecule has 0 radical (unpaired) electrons. The minimum atomic E-state index is -0.0425. The van der Waals surface area contributed by atoms with Gasteiger partial charge in [0.05, 0.1) is 44.5 Å². The third kappa shape index (κ3) is 9.21. The van der Waals surface area contributed by atoms with Crippen LogP contribution in [0.1, 0.15) is 105 Å². The predicted octanol–water partition coefficient (Wildman–Crippen LogP) is 21.0. The van der Waals surface area contributed by atoms with Gasteiger partial charge in [0, 0.05) is 43.4 Å². The fourth-order valence-electron chi connectivity index (χ4n) is 12.7. The molecule has 0 spiro atoms. The summed E-state index contributed by atoms with van der Waals surface area (Å²) in [6.07, 6.45) is 0. The van der Waals surface area contributed by atoms with E-state index in [1.807, 2.05) is 0 Å². The maximum Gasteiger partial charge on any atom is 0.238 e. The van der Waals surface area contributed by atoms with Crippen LogP contribution in [0.5, 0.6) is 0 Å². The van der Waals surface area contributed by atoms with Crippen molar-refractivity contribution in [1.82, 2.24) is 28.7 Å². The molecule has 0 N–H and O–H groups in total. The van der Waals surface area contributed by atoms with E-state index in [0.29, 0.717) is 17.6 Å². The van der Waals surface area contributed by atoms with E-state index in [2.05, 4.69) is 315 Å². The van der Waals surface area contributed by atoms with E-state index >= 15 is 0 Å². The zero-order chi connectivity index (χ0) is 58.9. The quantitative estimate of drug-likeness (QED) is 0.160. The first-order valence-corrected chi connectivity index (χ1v) is 30.0. The highest BCUT2D eigenvalue weighted by Gasteiger charge is 2.27. The van der Waals surface area contributed by atoms with Crippen LogP contribution in [0.4, 0.5) is 0 Å². The number of para-hydroxylation sites is 2. The molecule has 418 valence electrons. The first-order chi connectivity index (χ1) is 40.7. The summed E-state index contributed by atoms with van der Waals surface area (Å²) in [5.74, 6) is 1.67. The summed E-state index contributed by atoms with van der Waals surface area (Å²) in [7, 11) is 0. The lowest BCUT2D eigenvalue weighted by Crippen LogP contribution is -2.10. The van der Waals surface area contributed by atoms with Crippen molar-refractivity contribution < 1.29 is 0 Å². The predicted molar refractivity (Wildman–Crippen MR) is 359 cm³/mol. The average molecular weight is 1110 g/mol. The second-order valence-electron chi connectivity index (χ2n) is 27.4. The van der Waals surface area contributed by atoms with Crippen LogP contribution < -0.4 is 0 Å². The summed E-state index contributed by atoms with van der Waals surface area (Å²) in [6.45, 7) is 27.6. The van der Waals surface area contributed by atoms with Gasteiger partial charge in [-0.15, -0.1) is 0 Å². The number of rotatable bonds is 7. The highest BCUT2D eigenvalue weighted by atomic mass is 15.2. The molecule has 85 heavy (non-hydrogen) atoms. The first-order valence-electron chi connectivity index (χ1n) is 30.0. The van der Waals surface area contributed by atoms with Crippen molar-refractivity contribution >= 4 is 65.4 Å². The smallest absolute Gasteiger partial charge is 0.238 e. The second-order valence-corrected chi connectivity index (χ2v) is 27.4.